The van der Waals surface area contributed by atoms with Crippen molar-refractivity contribution in [2.24, 2.45) is 0 Å². The maximum absolute atomic E-state index is 12.8. The van der Waals surface area contributed by atoms with Gasteiger partial charge < -0.3 is 15.1 Å². The number of benzene rings is 2. The number of thioether (sulfide) groups is 1. The van der Waals surface area contributed by atoms with Gasteiger partial charge in [-0.25, -0.2) is 0 Å². The highest BCUT2D eigenvalue weighted by molar-refractivity contribution is 8.00. The lowest BCUT2D eigenvalue weighted by atomic mass is 10.0. The molecule has 0 aliphatic rings. The minimum absolute atomic E-state index is 0.0372. The van der Waals surface area contributed by atoms with Crippen molar-refractivity contribution < 1.29 is 14.0 Å². The molecule has 0 saturated heterocycles. The van der Waals surface area contributed by atoms with Crippen LogP contribution in [0, 0.1) is 0 Å². The summed E-state index contributed by atoms with van der Waals surface area (Å²) < 4.78 is 5.12. The van der Waals surface area contributed by atoms with Crippen molar-refractivity contribution >= 4 is 35.0 Å². The third-order valence-corrected chi connectivity index (χ3v) is 5.98. The van der Waals surface area contributed by atoms with E-state index >= 15 is 0 Å². The fourth-order valence-corrected chi connectivity index (χ4v) is 3.92. The van der Waals surface area contributed by atoms with Gasteiger partial charge in [0, 0.05) is 16.3 Å². The first-order chi connectivity index (χ1) is 14.5. The third-order valence-electron chi connectivity index (χ3n) is 4.62. The van der Waals surface area contributed by atoms with Gasteiger partial charge >= 0.3 is 0 Å². The molecule has 0 aliphatic heterocycles. The van der Waals surface area contributed by atoms with Crippen molar-refractivity contribution in [3.05, 3.63) is 78.3 Å². The van der Waals surface area contributed by atoms with E-state index in [1.54, 1.807) is 12.1 Å². The van der Waals surface area contributed by atoms with Crippen LogP contribution < -0.4 is 10.6 Å². The minimum atomic E-state index is -0.309. The molecule has 1 atom stereocenters. The lowest BCUT2D eigenvalue weighted by Gasteiger charge is -2.16. The second-order valence-corrected chi connectivity index (χ2v) is 8.52. The molecule has 0 fully saturated rings. The van der Waals surface area contributed by atoms with Gasteiger partial charge in [0.1, 0.15) is 0 Å². The van der Waals surface area contributed by atoms with E-state index in [-0.39, 0.29) is 22.8 Å². The Labute approximate surface area is 181 Å². The molecule has 3 rings (SSSR count). The molecule has 2 aromatic carbocycles. The van der Waals surface area contributed by atoms with Gasteiger partial charge in [0.05, 0.1) is 11.5 Å². The molecule has 1 heterocycles. The molecule has 0 aliphatic carbocycles. The smallest absolute Gasteiger partial charge is 0.291 e. The summed E-state index contributed by atoms with van der Waals surface area (Å²) in [5.74, 6) is 0.359. The molecule has 0 radical (unpaired) electrons. The summed E-state index contributed by atoms with van der Waals surface area (Å²) in [5.41, 5.74) is 2.69. The maximum Gasteiger partial charge on any atom is 0.291 e. The first-order valence-electron chi connectivity index (χ1n) is 9.98. The van der Waals surface area contributed by atoms with Crippen LogP contribution in [0.4, 0.5) is 11.4 Å². The summed E-state index contributed by atoms with van der Waals surface area (Å²) in [6.07, 6.45) is 2.14. The van der Waals surface area contributed by atoms with E-state index in [4.69, 9.17) is 4.42 Å². The monoisotopic (exact) mass is 422 g/mol. The normalized spacial score (nSPS) is 11.9. The molecule has 0 spiro atoms. The summed E-state index contributed by atoms with van der Waals surface area (Å²) >= 11 is 1.48. The van der Waals surface area contributed by atoms with E-state index < -0.39 is 0 Å². The van der Waals surface area contributed by atoms with Crippen molar-refractivity contribution in [2.75, 3.05) is 10.6 Å². The zero-order valence-corrected chi connectivity index (χ0v) is 18.2. The molecule has 0 saturated carbocycles. The minimum Gasteiger partial charge on any atom is -0.459 e. The predicted molar refractivity (Wildman–Crippen MR) is 122 cm³/mol. The average Bonchev–Trinajstić information content (AvgIpc) is 3.28. The molecule has 5 nitrogen and oxygen atoms in total. The van der Waals surface area contributed by atoms with Gasteiger partial charge in [-0.15, -0.1) is 11.8 Å². The number of nitrogens with one attached hydrogen (secondary N) is 2. The Bertz CT molecular complexity index is 982. The molecular formula is C24H26N2O3S. The number of carbonyl (C=O) groups is 2. The van der Waals surface area contributed by atoms with Crippen LogP contribution in [0.15, 0.2) is 76.2 Å². The van der Waals surface area contributed by atoms with E-state index in [1.165, 1.54) is 23.6 Å². The van der Waals surface area contributed by atoms with Gasteiger partial charge in [-0.2, -0.15) is 0 Å². The van der Waals surface area contributed by atoms with E-state index in [2.05, 4.69) is 24.5 Å². The molecular weight excluding hydrogens is 396 g/mol. The van der Waals surface area contributed by atoms with Gasteiger partial charge in [0.15, 0.2) is 5.76 Å². The molecule has 30 heavy (non-hydrogen) atoms. The van der Waals surface area contributed by atoms with Gasteiger partial charge in [0.2, 0.25) is 5.91 Å². The van der Waals surface area contributed by atoms with Crippen LogP contribution >= 0.6 is 11.8 Å². The topological polar surface area (TPSA) is 71.3 Å². The second kappa shape index (κ2) is 10.2. The number of rotatable bonds is 8. The Kier molecular flexibility index (Phi) is 7.36. The Morgan fingerprint density at radius 3 is 2.37 bits per heavy atom. The Hall–Kier alpha value is -2.99. The SMILES string of the molecule is CCC(Sc1cccc(NC(=O)c2ccco2)c1)C(=O)Nc1ccc(C(C)C)cc1. The highest BCUT2D eigenvalue weighted by atomic mass is 32.2. The maximum atomic E-state index is 12.8. The predicted octanol–water partition coefficient (Wildman–Crippen LogP) is 6.16. The van der Waals surface area contributed by atoms with E-state index in [0.717, 1.165) is 10.6 Å². The van der Waals surface area contributed by atoms with Crippen LogP contribution in [-0.2, 0) is 4.79 Å². The second-order valence-electron chi connectivity index (χ2n) is 7.24. The summed E-state index contributed by atoms with van der Waals surface area (Å²) in [6.45, 7) is 6.27. The zero-order valence-electron chi connectivity index (χ0n) is 17.3. The van der Waals surface area contributed by atoms with Crippen molar-refractivity contribution in [1.82, 2.24) is 0 Å². The van der Waals surface area contributed by atoms with Gasteiger partial charge in [-0.3, -0.25) is 9.59 Å². The van der Waals surface area contributed by atoms with Crippen LogP contribution in [-0.4, -0.2) is 17.1 Å². The Morgan fingerprint density at radius 2 is 1.73 bits per heavy atom. The largest absolute Gasteiger partial charge is 0.459 e. The first-order valence-corrected chi connectivity index (χ1v) is 10.9. The molecule has 0 bridgehead atoms. The molecule has 6 heteroatoms. The van der Waals surface area contributed by atoms with Gasteiger partial charge in [-0.05, 0) is 60.4 Å². The summed E-state index contributed by atoms with van der Waals surface area (Å²) in [7, 11) is 0. The molecule has 1 aromatic heterocycles. The van der Waals surface area contributed by atoms with Crippen LogP contribution in [0.3, 0.4) is 0 Å². The van der Waals surface area contributed by atoms with E-state index in [9.17, 15) is 9.59 Å². The first kappa shape index (κ1) is 21.7. The summed E-state index contributed by atoms with van der Waals surface area (Å²) in [4.78, 5) is 25.8. The van der Waals surface area contributed by atoms with Crippen LogP contribution in [0.2, 0.25) is 0 Å². The van der Waals surface area contributed by atoms with Crippen molar-refractivity contribution in [3.8, 4) is 0 Å². The third kappa shape index (κ3) is 5.76. The van der Waals surface area contributed by atoms with E-state index in [1.807, 2.05) is 55.5 Å². The van der Waals surface area contributed by atoms with Crippen LogP contribution in [0.1, 0.15) is 49.2 Å². The summed E-state index contributed by atoms with van der Waals surface area (Å²) in [5, 5.41) is 5.57. The molecule has 3 aromatic rings. The lowest BCUT2D eigenvalue weighted by molar-refractivity contribution is -0.115. The standard InChI is InChI=1S/C24H26N2O3S/c1-4-22(24(28)25-18-12-10-17(11-13-18)16(2)3)30-20-8-5-7-19(15-20)26-23(27)21-9-6-14-29-21/h5-16,22H,4H2,1-3H3,(H,25,28)(H,26,27). The number of furan rings is 1. The highest BCUT2D eigenvalue weighted by Crippen LogP contribution is 2.29. The average molecular weight is 423 g/mol. The van der Waals surface area contributed by atoms with Crippen molar-refractivity contribution in [3.63, 3.8) is 0 Å². The molecule has 1 unspecified atom stereocenters. The molecule has 2 N–H and O–H groups in total. The highest BCUT2D eigenvalue weighted by Gasteiger charge is 2.19. The number of hydrogen-bond acceptors (Lipinski definition) is 4. The van der Waals surface area contributed by atoms with Crippen molar-refractivity contribution in [1.29, 1.82) is 0 Å². The van der Waals surface area contributed by atoms with Crippen LogP contribution in [0.5, 0.6) is 0 Å². The van der Waals surface area contributed by atoms with Gasteiger partial charge in [-0.1, -0.05) is 39.0 Å². The summed E-state index contributed by atoms with van der Waals surface area (Å²) in [6, 6.07) is 18.7. The lowest BCUT2D eigenvalue weighted by Crippen LogP contribution is -2.24. The zero-order chi connectivity index (χ0) is 21.5. The number of anilines is 2. The Balaban J connectivity index is 1.63. The van der Waals surface area contributed by atoms with Crippen molar-refractivity contribution in [2.45, 2.75) is 43.3 Å². The number of carbonyl (C=O) groups excluding carboxylic acids is 2. The molecule has 2 amide bonds. The van der Waals surface area contributed by atoms with Crippen LogP contribution in [0.25, 0.3) is 0 Å². The number of hydrogen-bond donors (Lipinski definition) is 2. The fraction of sp³-hybridized carbons (Fsp3) is 0.250. The number of amides is 2. The van der Waals surface area contributed by atoms with E-state index in [0.29, 0.717) is 18.0 Å². The quantitative estimate of drug-likeness (QED) is 0.426. The Morgan fingerprint density at radius 1 is 0.967 bits per heavy atom. The fourth-order valence-electron chi connectivity index (χ4n) is 2.91. The van der Waals surface area contributed by atoms with Gasteiger partial charge in [0.25, 0.3) is 5.91 Å². The molecule has 156 valence electrons.